The van der Waals surface area contributed by atoms with E-state index in [1.54, 1.807) is 0 Å². The van der Waals surface area contributed by atoms with Gasteiger partial charge in [0.25, 0.3) is 0 Å². The van der Waals surface area contributed by atoms with E-state index in [9.17, 15) is 4.79 Å². The van der Waals surface area contributed by atoms with Crippen molar-refractivity contribution in [1.82, 2.24) is 5.32 Å². The SMILES string of the molecule is CCC(C)NC(=O)Cc1ccc(C)cc1C. The summed E-state index contributed by atoms with van der Waals surface area (Å²) in [6.07, 6.45) is 1.45. The van der Waals surface area contributed by atoms with Crippen molar-refractivity contribution in [3.8, 4) is 0 Å². The molecule has 16 heavy (non-hydrogen) atoms. The molecule has 1 rings (SSSR count). The summed E-state index contributed by atoms with van der Waals surface area (Å²) in [7, 11) is 0. The van der Waals surface area contributed by atoms with Gasteiger partial charge >= 0.3 is 0 Å². The van der Waals surface area contributed by atoms with Gasteiger partial charge in [0.2, 0.25) is 5.91 Å². The second-order valence-corrected chi connectivity index (χ2v) is 4.48. The fraction of sp³-hybridized carbons (Fsp3) is 0.500. The maximum absolute atomic E-state index is 11.7. The highest BCUT2D eigenvalue weighted by Crippen LogP contribution is 2.11. The van der Waals surface area contributed by atoms with Crippen LogP contribution in [0, 0.1) is 13.8 Å². The third kappa shape index (κ3) is 3.69. The van der Waals surface area contributed by atoms with Crippen LogP contribution in [0.15, 0.2) is 18.2 Å². The Morgan fingerprint density at radius 2 is 2.06 bits per heavy atom. The molecule has 0 aliphatic rings. The molecule has 1 N–H and O–H groups in total. The molecule has 1 amide bonds. The molecule has 1 unspecified atom stereocenters. The van der Waals surface area contributed by atoms with E-state index in [2.05, 4.69) is 38.2 Å². The predicted molar refractivity (Wildman–Crippen MR) is 67.5 cm³/mol. The minimum absolute atomic E-state index is 0.112. The van der Waals surface area contributed by atoms with Crippen LogP contribution in [0.1, 0.15) is 37.0 Å². The van der Waals surface area contributed by atoms with Gasteiger partial charge in [-0.15, -0.1) is 0 Å². The zero-order valence-corrected chi connectivity index (χ0v) is 10.6. The first-order chi connectivity index (χ1) is 7.52. The van der Waals surface area contributed by atoms with Gasteiger partial charge < -0.3 is 5.32 Å². The summed E-state index contributed by atoms with van der Waals surface area (Å²) in [4.78, 5) is 11.7. The minimum atomic E-state index is 0.112. The number of aryl methyl sites for hydroxylation is 2. The Kier molecular flexibility index (Phi) is 4.53. The van der Waals surface area contributed by atoms with E-state index in [-0.39, 0.29) is 11.9 Å². The number of benzene rings is 1. The summed E-state index contributed by atoms with van der Waals surface area (Å²) in [5.74, 6) is 0.112. The highest BCUT2D eigenvalue weighted by atomic mass is 16.1. The number of carbonyl (C=O) groups is 1. The van der Waals surface area contributed by atoms with Crippen molar-refractivity contribution >= 4 is 5.91 Å². The molecule has 0 heterocycles. The Hall–Kier alpha value is -1.31. The molecular formula is C14H21NO. The van der Waals surface area contributed by atoms with Gasteiger partial charge in [-0.2, -0.15) is 0 Å². The van der Waals surface area contributed by atoms with Crippen LogP contribution in [0.3, 0.4) is 0 Å². The van der Waals surface area contributed by atoms with E-state index in [1.807, 2.05) is 13.0 Å². The number of rotatable bonds is 4. The molecule has 0 aromatic heterocycles. The third-order valence-corrected chi connectivity index (χ3v) is 2.87. The van der Waals surface area contributed by atoms with Crippen molar-refractivity contribution in [1.29, 1.82) is 0 Å². The topological polar surface area (TPSA) is 29.1 Å². The smallest absolute Gasteiger partial charge is 0.224 e. The maximum atomic E-state index is 11.7. The summed E-state index contributed by atoms with van der Waals surface area (Å²) in [5, 5.41) is 2.98. The van der Waals surface area contributed by atoms with Crippen molar-refractivity contribution in [3.63, 3.8) is 0 Å². The van der Waals surface area contributed by atoms with E-state index in [4.69, 9.17) is 0 Å². The summed E-state index contributed by atoms with van der Waals surface area (Å²) >= 11 is 0. The molecule has 0 bridgehead atoms. The minimum Gasteiger partial charge on any atom is -0.353 e. The number of nitrogens with one attached hydrogen (secondary N) is 1. The van der Waals surface area contributed by atoms with Crippen LogP contribution in [0.4, 0.5) is 0 Å². The zero-order valence-electron chi connectivity index (χ0n) is 10.6. The summed E-state index contributed by atoms with van der Waals surface area (Å²) in [5.41, 5.74) is 3.55. The van der Waals surface area contributed by atoms with Crippen molar-refractivity contribution < 1.29 is 4.79 Å². The van der Waals surface area contributed by atoms with E-state index in [1.165, 1.54) is 11.1 Å². The molecule has 1 aromatic carbocycles. The third-order valence-electron chi connectivity index (χ3n) is 2.87. The highest BCUT2D eigenvalue weighted by molar-refractivity contribution is 5.79. The molecule has 0 saturated carbocycles. The predicted octanol–water partition coefficient (Wildman–Crippen LogP) is 2.76. The lowest BCUT2D eigenvalue weighted by atomic mass is 10.0. The van der Waals surface area contributed by atoms with Gasteiger partial charge in [0.1, 0.15) is 0 Å². The molecule has 0 aliphatic heterocycles. The Bertz CT molecular complexity index is 371. The summed E-state index contributed by atoms with van der Waals surface area (Å²) in [6, 6.07) is 6.48. The van der Waals surface area contributed by atoms with Crippen molar-refractivity contribution in [3.05, 3.63) is 34.9 Å². The lowest BCUT2D eigenvalue weighted by Crippen LogP contribution is -2.33. The molecular weight excluding hydrogens is 198 g/mol. The van der Waals surface area contributed by atoms with Crippen LogP contribution in [0.2, 0.25) is 0 Å². The molecule has 0 aliphatic carbocycles. The van der Waals surface area contributed by atoms with Gasteiger partial charge in [-0.1, -0.05) is 30.7 Å². The molecule has 1 aromatic rings. The fourth-order valence-corrected chi connectivity index (χ4v) is 1.65. The van der Waals surface area contributed by atoms with Crippen LogP contribution in [0.5, 0.6) is 0 Å². The van der Waals surface area contributed by atoms with Gasteiger partial charge in [-0.05, 0) is 38.3 Å². The van der Waals surface area contributed by atoms with Crippen molar-refractivity contribution in [2.75, 3.05) is 0 Å². The van der Waals surface area contributed by atoms with E-state index >= 15 is 0 Å². The summed E-state index contributed by atoms with van der Waals surface area (Å²) in [6.45, 7) is 8.22. The molecule has 0 fully saturated rings. The van der Waals surface area contributed by atoms with E-state index < -0.39 is 0 Å². The second kappa shape index (κ2) is 5.69. The molecule has 0 spiro atoms. The normalized spacial score (nSPS) is 12.2. The van der Waals surface area contributed by atoms with Gasteiger partial charge in [-0.25, -0.2) is 0 Å². The Labute approximate surface area is 98.1 Å². The molecule has 2 heteroatoms. The summed E-state index contributed by atoms with van der Waals surface area (Å²) < 4.78 is 0. The van der Waals surface area contributed by atoms with Crippen molar-refractivity contribution in [2.24, 2.45) is 0 Å². The molecule has 0 radical (unpaired) electrons. The Morgan fingerprint density at radius 3 is 2.62 bits per heavy atom. The second-order valence-electron chi connectivity index (χ2n) is 4.48. The Morgan fingerprint density at radius 1 is 1.38 bits per heavy atom. The molecule has 0 saturated heterocycles. The highest BCUT2D eigenvalue weighted by Gasteiger charge is 2.08. The van der Waals surface area contributed by atoms with Crippen molar-refractivity contribution in [2.45, 2.75) is 46.6 Å². The van der Waals surface area contributed by atoms with Gasteiger partial charge in [0.15, 0.2) is 0 Å². The molecule has 1 atom stereocenters. The average Bonchev–Trinajstić information content (AvgIpc) is 2.22. The molecule has 2 nitrogen and oxygen atoms in total. The van der Waals surface area contributed by atoms with Crippen LogP contribution < -0.4 is 5.32 Å². The van der Waals surface area contributed by atoms with Gasteiger partial charge in [0.05, 0.1) is 6.42 Å². The van der Waals surface area contributed by atoms with E-state index in [0.717, 1.165) is 12.0 Å². The first-order valence-electron chi connectivity index (χ1n) is 5.88. The maximum Gasteiger partial charge on any atom is 0.224 e. The van der Waals surface area contributed by atoms with Crippen LogP contribution in [0.25, 0.3) is 0 Å². The monoisotopic (exact) mass is 219 g/mol. The van der Waals surface area contributed by atoms with Crippen LogP contribution in [-0.2, 0) is 11.2 Å². The molecule has 88 valence electrons. The first kappa shape index (κ1) is 12.8. The zero-order chi connectivity index (χ0) is 12.1. The van der Waals surface area contributed by atoms with Gasteiger partial charge in [-0.3, -0.25) is 4.79 Å². The number of amides is 1. The van der Waals surface area contributed by atoms with Gasteiger partial charge in [0, 0.05) is 6.04 Å². The average molecular weight is 219 g/mol. The fourth-order valence-electron chi connectivity index (χ4n) is 1.65. The Balaban J connectivity index is 2.63. The lowest BCUT2D eigenvalue weighted by Gasteiger charge is -2.12. The van der Waals surface area contributed by atoms with Crippen LogP contribution >= 0.6 is 0 Å². The number of carbonyl (C=O) groups excluding carboxylic acids is 1. The first-order valence-corrected chi connectivity index (χ1v) is 5.88. The number of hydrogen-bond donors (Lipinski definition) is 1. The van der Waals surface area contributed by atoms with E-state index in [0.29, 0.717) is 6.42 Å². The van der Waals surface area contributed by atoms with Crippen LogP contribution in [-0.4, -0.2) is 11.9 Å². The number of hydrogen-bond acceptors (Lipinski definition) is 1. The standard InChI is InChI=1S/C14H21NO/c1-5-12(4)15-14(16)9-13-7-6-10(2)8-11(13)3/h6-8,12H,5,9H2,1-4H3,(H,15,16). The largest absolute Gasteiger partial charge is 0.353 e. The lowest BCUT2D eigenvalue weighted by molar-refractivity contribution is -0.121. The quantitative estimate of drug-likeness (QED) is 0.829.